The molecule has 0 amide bonds. The summed E-state index contributed by atoms with van der Waals surface area (Å²) < 4.78 is 38.3. The Morgan fingerprint density at radius 1 is 1.29 bits per heavy atom. The molecule has 44 valence electrons. The quantitative estimate of drug-likeness (QED) is 0.296. The summed E-state index contributed by atoms with van der Waals surface area (Å²) in [5.74, 6) is 0. The van der Waals surface area contributed by atoms with E-state index in [4.69, 9.17) is 0 Å². The fraction of sp³-hybridized carbons (Fsp3) is 0. The van der Waals surface area contributed by atoms with Crippen LogP contribution in [0.3, 0.4) is 0 Å². The van der Waals surface area contributed by atoms with Gasteiger partial charge in [-0.1, -0.05) is 0 Å². The zero-order valence-electron chi connectivity index (χ0n) is 3.07. The van der Waals surface area contributed by atoms with E-state index in [2.05, 4.69) is 0 Å². The number of hydrogen-bond donors (Lipinski definition) is 1. The summed E-state index contributed by atoms with van der Waals surface area (Å²) in [4.78, 5) is 0. The summed E-state index contributed by atoms with van der Waals surface area (Å²) in [6, 6.07) is 0. The van der Waals surface area contributed by atoms with Crippen molar-refractivity contribution in [2.75, 3.05) is 0 Å². The van der Waals surface area contributed by atoms with Gasteiger partial charge in [0.05, 0.1) is 0 Å². The van der Waals surface area contributed by atoms with E-state index in [0.29, 0.717) is 0 Å². The molecule has 0 aromatic rings. The third kappa shape index (κ3) is 2.96. The highest BCUT2D eigenvalue weighted by molar-refractivity contribution is 8.79. The van der Waals surface area contributed by atoms with Crippen LogP contribution in [0.15, 0.2) is 0 Å². The lowest BCUT2D eigenvalue weighted by atomic mass is 15.9. The van der Waals surface area contributed by atoms with Crippen molar-refractivity contribution in [3.8, 4) is 0 Å². The average Bonchev–Trinajstić information content (AvgIpc) is 1.31. The zero-order chi connectivity index (χ0) is 6.08. The second kappa shape index (κ2) is 2.07. The van der Waals surface area contributed by atoms with Crippen molar-refractivity contribution in [2.45, 2.75) is 0 Å². The lowest BCUT2D eigenvalue weighted by molar-refractivity contribution is 0.601. The molecule has 0 rings (SSSR count). The van der Waals surface area contributed by atoms with Crippen molar-refractivity contribution in [3.05, 3.63) is 0 Å². The van der Waals surface area contributed by atoms with Crippen LogP contribution >= 0.6 is 8.44 Å². The molecule has 0 aromatic carbocycles. The van der Waals surface area contributed by atoms with E-state index in [0.717, 1.165) is 0 Å². The molecule has 0 aliphatic rings. The molecule has 0 N–H and O–H groups in total. The molecule has 0 heterocycles. The number of hydrogen-bond acceptors (Lipinski definition) is 4. The molecule has 0 radical (unpaired) electrons. The van der Waals surface area contributed by atoms with Gasteiger partial charge < -0.3 is 0 Å². The first-order valence-electron chi connectivity index (χ1n) is 1.12. The SMILES string of the molecule is O=[SH](=O)S(=O)(=O)P. The van der Waals surface area contributed by atoms with Crippen molar-refractivity contribution in [1.82, 2.24) is 0 Å². The van der Waals surface area contributed by atoms with Crippen LogP contribution in [0.4, 0.5) is 0 Å². The van der Waals surface area contributed by atoms with E-state index < -0.39 is 18.2 Å². The molecule has 0 fully saturated rings. The molecule has 0 bridgehead atoms. The Balaban J connectivity index is 4.82. The first kappa shape index (κ1) is 7.33. The molecule has 0 saturated heterocycles. The van der Waals surface area contributed by atoms with Crippen molar-refractivity contribution in [1.29, 1.82) is 0 Å². The Labute approximate surface area is 44.1 Å². The monoisotopic (exact) mass is 162 g/mol. The van der Waals surface area contributed by atoms with Crippen molar-refractivity contribution in [3.63, 3.8) is 0 Å². The van der Waals surface area contributed by atoms with Gasteiger partial charge >= 0.3 is 0 Å². The molecule has 0 aliphatic carbocycles. The Morgan fingerprint density at radius 2 is 1.43 bits per heavy atom. The second-order valence-corrected chi connectivity index (χ2v) is 7.69. The lowest BCUT2D eigenvalue weighted by Crippen LogP contribution is -1.86. The molecule has 0 aliphatic heterocycles. The third-order valence-corrected chi connectivity index (χ3v) is 3.42. The lowest BCUT2D eigenvalue weighted by Gasteiger charge is -1.73. The van der Waals surface area contributed by atoms with Gasteiger partial charge in [0.25, 0.3) is 8.49 Å². The van der Waals surface area contributed by atoms with Crippen LogP contribution in [0.1, 0.15) is 0 Å². The molecule has 0 aromatic heterocycles. The van der Waals surface area contributed by atoms with Gasteiger partial charge in [-0.05, 0) is 0 Å². The van der Waals surface area contributed by atoms with Gasteiger partial charge in [-0.15, -0.1) is 0 Å². The Hall–Kier alpha value is 0.330. The van der Waals surface area contributed by atoms with E-state index in [1.807, 2.05) is 0 Å². The molecular weight excluding hydrogens is 159 g/mol. The smallest absolute Gasteiger partial charge is 0.215 e. The largest absolute Gasteiger partial charge is 0.261 e. The van der Waals surface area contributed by atoms with Gasteiger partial charge in [0, 0.05) is 8.44 Å². The molecule has 7 heteroatoms. The maximum Gasteiger partial charge on any atom is 0.261 e. The van der Waals surface area contributed by atoms with Gasteiger partial charge in [0.15, 0.2) is 0 Å². The fourth-order valence-electron chi connectivity index (χ4n) is 0. The Bertz CT molecular complexity index is 198. The molecule has 1 unspecified atom stereocenters. The van der Waals surface area contributed by atoms with Crippen LogP contribution in [-0.4, -0.2) is 16.8 Å². The summed E-state index contributed by atoms with van der Waals surface area (Å²) in [5, 5.41) is 0. The van der Waals surface area contributed by atoms with Crippen LogP contribution in [-0.2, 0) is 18.2 Å². The third-order valence-electron chi connectivity index (χ3n) is 0.208. The fourth-order valence-corrected chi connectivity index (χ4v) is 0. The predicted molar refractivity (Wildman–Crippen MR) is 28.9 cm³/mol. The summed E-state index contributed by atoms with van der Waals surface area (Å²) >= 11 is 0. The normalized spacial score (nSPS) is 12.3. The number of rotatable bonds is 1. The molecule has 4 nitrogen and oxygen atoms in total. The van der Waals surface area contributed by atoms with E-state index in [-0.39, 0.29) is 0 Å². The molecule has 0 saturated carbocycles. The maximum absolute atomic E-state index is 9.70. The summed E-state index contributed by atoms with van der Waals surface area (Å²) in [5.41, 5.74) is 0. The minimum Gasteiger partial charge on any atom is -0.215 e. The van der Waals surface area contributed by atoms with Crippen LogP contribution < -0.4 is 0 Å². The first-order chi connectivity index (χ1) is 2.94. The van der Waals surface area contributed by atoms with Gasteiger partial charge in [-0.2, -0.15) is 0 Å². The van der Waals surface area contributed by atoms with Crippen LogP contribution in [0.5, 0.6) is 0 Å². The van der Waals surface area contributed by atoms with Gasteiger partial charge in [0.2, 0.25) is 9.74 Å². The topological polar surface area (TPSA) is 68.3 Å². The molecule has 7 heavy (non-hydrogen) atoms. The average molecular weight is 162 g/mol. The zero-order valence-corrected chi connectivity index (χ0v) is 5.93. The van der Waals surface area contributed by atoms with Crippen molar-refractivity contribution >= 4 is 26.7 Å². The minimum absolute atomic E-state index is 1.21. The van der Waals surface area contributed by atoms with Gasteiger partial charge in [-0.3, -0.25) is 0 Å². The van der Waals surface area contributed by atoms with Gasteiger partial charge in [-0.25, -0.2) is 16.8 Å². The van der Waals surface area contributed by atoms with Crippen LogP contribution in [0.25, 0.3) is 0 Å². The highest BCUT2D eigenvalue weighted by Gasteiger charge is 1.99. The maximum atomic E-state index is 9.70. The Morgan fingerprint density at radius 3 is 1.43 bits per heavy atom. The predicted octanol–water partition coefficient (Wildman–Crippen LogP) is -1.28. The van der Waals surface area contributed by atoms with E-state index in [9.17, 15) is 16.8 Å². The molecule has 0 spiro atoms. The van der Waals surface area contributed by atoms with Crippen LogP contribution in [0.2, 0.25) is 0 Å². The second-order valence-electron chi connectivity index (χ2n) is 0.739. The van der Waals surface area contributed by atoms with Crippen molar-refractivity contribution in [2.24, 2.45) is 0 Å². The summed E-state index contributed by atoms with van der Waals surface area (Å²) in [6.07, 6.45) is 0. The number of thiol groups is 1. The van der Waals surface area contributed by atoms with Crippen molar-refractivity contribution < 1.29 is 16.8 Å². The molecule has 1 atom stereocenters. The summed E-state index contributed by atoms with van der Waals surface area (Å²) in [7, 11) is -5.97. The Kier molecular flexibility index (Phi) is 2.16. The van der Waals surface area contributed by atoms with E-state index in [1.54, 1.807) is 0 Å². The minimum atomic E-state index is -3.87. The van der Waals surface area contributed by atoms with Crippen LogP contribution in [0, 0.1) is 0 Å². The highest BCUT2D eigenvalue weighted by atomic mass is 33.4. The van der Waals surface area contributed by atoms with Gasteiger partial charge in [0.1, 0.15) is 0 Å². The summed E-state index contributed by atoms with van der Waals surface area (Å²) in [6.45, 7) is 0. The van der Waals surface area contributed by atoms with E-state index >= 15 is 0 Å². The van der Waals surface area contributed by atoms with E-state index in [1.165, 1.54) is 8.44 Å². The molecular formula is H3O4PS2. The first-order valence-corrected chi connectivity index (χ1v) is 5.86. The highest BCUT2D eigenvalue weighted by Crippen LogP contribution is 1.98. The standard InChI is InChI=1S/H3O4PS2/c1-6(2)7(3,4)5/h6H,5H2.